The zero-order chi connectivity index (χ0) is 25.8. The van der Waals surface area contributed by atoms with E-state index in [0.29, 0.717) is 17.0 Å². The minimum absolute atomic E-state index is 0.0168. The number of pyridine rings is 1. The topological polar surface area (TPSA) is 79.9 Å². The quantitative estimate of drug-likeness (QED) is 0.230. The minimum atomic E-state index is -0.269. The second kappa shape index (κ2) is 11.0. The standard InChI is InChI=1S/C29H24Cl2N4O2/c1-37-24-13-12-20(15-25(36)33-27-22(30)16-32-17-23(27)31)26-28(24)35-29(34-26)21(19-10-6-3-7-11-19)14-18-8-4-2-5-9-18/h2-13,16-17,21H,14-15H2,1H3,(H,34,35)(H,32,33,36)/t21-/m0/s1. The van der Waals surface area contributed by atoms with Crippen molar-refractivity contribution >= 4 is 45.8 Å². The van der Waals surface area contributed by atoms with E-state index in [1.807, 2.05) is 48.5 Å². The lowest BCUT2D eigenvalue weighted by Crippen LogP contribution is -2.15. The van der Waals surface area contributed by atoms with Gasteiger partial charge in [0.05, 0.1) is 34.8 Å². The zero-order valence-corrected chi connectivity index (χ0v) is 21.6. The fourth-order valence-corrected chi connectivity index (χ4v) is 4.87. The number of carbonyl (C=O) groups excluding carboxylic acids is 1. The first kappa shape index (κ1) is 24.8. The number of halogens is 2. The molecule has 0 fully saturated rings. The van der Waals surface area contributed by atoms with E-state index in [1.54, 1.807) is 7.11 Å². The summed E-state index contributed by atoms with van der Waals surface area (Å²) in [6.45, 7) is 0. The molecule has 0 aliphatic rings. The van der Waals surface area contributed by atoms with E-state index < -0.39 is 0 Å². The monoisotopic (exact) mass is 530 g/mol. The van der Waals surface area contributed by atoms with E-state index in [4.69, 9.17) is 32.9 Å². The van der Waals surface area contributed by atoms with Gasteiger partial charge < -0.3 is 15.0 Å². The van der Waals surface area contributed by atoms with Gasteiger partial charge in [-0.05, 0) is 29.2 Å². The van der Waals surface area contributed by atoms with Crippen LogP contribution in [-0.2, 0) is 17.6 Å². The fourth-order valence-electron chi connectivity index (χ4n) is 4.41. The number of imidazole rings is 1. The maximum Gasteiger partial charge on any atom is 0.228 e. The summed E-state index contributed by atoms with van der Waals surface area (Å²) in [5, 5.41) is 3.34. The van der Waals surface area contributed by atoms with Crippen molar-refractivity contribution in [3.8, 4) is 5.75 Å². The Labute approximate surface area is 224 Å². The van der Waals surface area contributed by atoms with Crippen molar-refractivity contribution in [3.63, 3.8) is 0 Å². The van der Waals surface area contributed by atoms with Gasteiger partial charge in [-0.2, -0.15) is 0 Å². The highest BCUT2D eigenvalue weighted by molar-refractivity contribution is 6.39. The largest absolute Gasteiger partial charge is 0.494 e. The van der Waals surface area contributed by atoms with Gasteiger partial charge in [-0.3, -0.25) is 9.78 Å². The molecule has 5 aromatic rings. The average Bonchev–Trinajstić information content (AvgIpc) is 3.36. The molecule has 2 heterocycles. The minimum Gasteiger partial charge on any atom is -0.494 e. The summed E-state index contributed by atoms with van der Waals surface area (Å²) in [4.78, 5) is 25.4. The van der Waals surface area contributed by atoms with Crippen molar-refractivity contribution in [2.75, 3.05) is 12.4 Å². The van der Waals surface area contributed by atoms with E-state index in [1.165, 1.54) is 18.0 Å². The predicted molar refractivity (Wildman–Crippen MR) is 148 cm³/mol. The van der Waals surface area contributed by atoms with Crippen LogP contribution in [0.1, 0.15) is 28.4 Å². The van der Waals surface area contributed by atoms with Crippen molar-refractivity contribution in [1.82, 2.24) is 15.0 Å². The third-order valence-electron chi connectivity index (χ3n) is 6.21. The lowest BCUT2D eigenvalue weighted by Gasteiger charge is -2.15. The van der Waals surface area contributed by atoms with Gasteiger partial charge in [-0.15, -0.1) is 0 Å². The number of rotatable bonds is 8. The number of fused-ring (bicyclic) bond motifs is 1. The van der Waals surface area contributed by atoms with Crippen LogP contribution in [0.25, 0.3) is 11.0 Å². The maximum atomic E-state index is 13.0. The van der Waals surface area contributed by atoms with Crippen LogP contribution in [0, 0.1) is 0 Å². The molecule has 8 heteroatoms. The lowest BCUT2D eigenvalue weighted by molar-refractivity contribution is -0.115. The van der Waals surface area contributed by atoms with Gasteiger partial charge in [0, 0.05) is 18.3 Å². The number of anilines is 1. The molecule has 6 nitrogen and oxygen atoms in total. The van der Waals surface area contributed by atoms with Gasteiger partial charge in [0.15, 0.2) is 0 Å². The molecule has 0 saturated carbocycles. The molecule has 186 valence electrons. The SMILES string of the molecule is COc1ccc(CC(=O)Nc2c(Cl)cncc2Cl)c2nc([C@@H](Cc3ccccc3)c3ccccc3)[nH]c12. The van der Waals surface area contributed by atoms with E-state index >= 15 is 0 Å². The first-order valence-corrected chi connectivity index (χ1v) is 12.5. The molecule has 0 unspecified atom stereocenters. The normalized spacial score (nSPS) is 11.9. The van der Waals surface area contributed by atoms with Gasteiger partial charge >= 0.3 is 0 Å². The highest BCUT2D eigenvalue weighted by Gasteiger charge is 2.22. The number of benzene rings is 3. The van der Waals surface area contributed by atoms with Crippen molar-refractivity contribution in [2.24, 2.45) is 0 Å². The molecular formula is C29H24Cl2N4O2. The molecule has 2 aromatic heterocycles. The summed E-state index contributed by atoms with van der Waals surface area (Å²) < 4.78 is 5.62. The van der Waals surface area contributed by atoms with Gasteiger partial charge in [0.1, 0.15) is 17.1 Å². The van der Waals surface area contributed by atoms with Crippen molar-refractivity contribution in [3.05, 3.63) is 118 Å². The van der Waals surface area contributed by atoms with Crippen molar-refractivity contribution < 1.29 is 9.53 Å². The fraction of sp³-hybridized carbons (Fsp3) is 0.138. The van der Waals surface area contributed by atoms with E-state index in [9.17, 15) is 4.79 Å². The van der Waals surface area contributed by atoms with Crippen molar-refractivity contribution in [1.29, 1.82) is 0 Å². The smallest absolute Gasteiger partial charge is 0.228 e. The van der Waals surface area contributed by atoms with Gasteiger partial charge in [-0.25, -0.2) is 4.98 Å². The Morgan fingerprint density at radius 2 is 1.65 bits per heavy atom. The van der Waals surface area contributed by atoms with E-state index in [-0.39, 0.29) is 28.3 Å². The number of carbonyl (C=O) groups is 1. The summed E-state index contributed by atoms with van der Waals surface area (Å²) in [6.07, 6.45) is 3.71. The molecule has 37 heavy (non-hydrogen) atoms. The van der Waals surface area contributed by atoms with E-state index in [2.05, 4.69) is 39.6 Å². The average molecular weight is 531 g/mol. The Balaban J connectivity index is 1.52. The molecule has 3 aromatic carbocycles. The molecule has 0 bridgehead atoms. The summed E-state index contributed by atoms with van der Waals surface area (Å²) >= 11 is 12.4. The molecule has 0 radical (unpaired) electrons. The van der Waals surface area contributed by atoms with Crippen molar-refractivity contribution in [2.45, 2.75) is 18.8 Å². The second-order valence-corrected chi connectivity index (χ2v) is 9.44. The van der Waals surface area contributed by atoms with Gasteiger partial charge in [-0.1, -0.05) is 89.9 Å². The van der Waals surface area contributed by atoms with E-state index in [0.717, 1.165) is 28.9 Å². The van der Waals surface area contributed by atoms with Gasteiger partial charge in [0.25, 0.3) is 0 Å². The number of nitrogens with zero attached hydrogens (tertiary/aromatic N) is 2. The van der Waals surface area contributed by atoms with Crippen LogP contribution in [0.2, 0.25) is 10.0 Å². The zero-order valence-electron chi connectivity index (χ0n) is 20.0. The Morgan fingerprint density at radius 1 is 0.973 bits per heavy atom. The molecule has 0 saturated heterocycles. The predicted octanol–water partition coefficient (Wildman–Crippen LogP) is 6.83. The molecule has 0 spiro atoms. The van der Waals surface area contributed by atoms with Crippen LogP contribution in [0.15, 0.2) is 85.2 Å². The highest BCUT2D eigenvalue weighted by Crippen LogP contribution is 2.34. The van der Waals surface area contributed by atoms with Crippen LogP contribution >= 0.6 is 23.2 Å². The second-order valence-electron chi connectivity index (χ2n) is 8.63. The van der Waals surface area contributed by atoms with Crippen LogP contribution in [0.5, 0.6) is 5.75 Å². The Morgan fingerprint density at radius 3 is 2.32 bits per heavy atom. The van der Waals surface area contributed by atoms with Crippen LogP contribution in [0.3, 0.4) is 0 Å². The molecule has 0 aliphatic carbocycles. The molecule has 0 aliphatic heterocycles. The Kier molecular flexibility index (Phi) is 7.40. The number of methoxy groups -OCH3 is 1. The van der Waals surface area contributed by atoms with Crippen LogP contribution in [0.4, 0.5) is 5.69 Å². The summed E-state index contributed by atoms with van der Waals surface area (Å²) in [5.41, 5.74) is 4.87. The number of amides is 1. The van der Waals surface area contributed by atoms with Crippen LogP contribution < -0.4 is 10.1 Å². The number of hydrogen-bond donors (Lipinski definition) is 2. The highest BCUT2D eigenvalue weighted by atomic mass is 35.5. The molecule has 1 amide bonds. The first-order chi connectivity index (χ1) is 18.0. The molecule has 1 atom stereocenters. The summed E-state index contributed by atoms with van der Waals surface area (Å²) in [5.74, 6) is 1.17. The third kappa shape index (κ3) is 5.45. The molecular weight excluding hydrogens is 507 g/mol. The van der Waals surface area contributed by atoms with Crippen LogP contribution in [-0.4, -0.2) is 28.0 Å². The van der Waals surface area contributed by atoms with Gasteiger partial charge in [0.2, 0.25) is 5.91 Å². The number of hydrogen-bond acceptors (Lipinski definition) is 4. The number of nitrogens with one attached hydrogen (secondary N) is 2. The Bertz CT molecular complexity index is 1520. The Hall–Kier alpha value is -3.87. The first-order valence-electron chi connectivity index (χ1n) is 11.8. The number of ether oxygens (including phenoxy) is 1. The molecule has 2 N–H and O–H groups in total. The lowest BCUT2D eigenvalue weighted by atomic mass is 9.91. The number of H-pyrrole nitrogens is 1. The molecule has 5 rings (SSSR count). The third-order valence-corrected chi connectivity index (χ3v) is 6.79. The maximum absolute atomic E-state index is 13.0. The number of aromatic amines is 1. The summed E-state index contributed by atoms with van der Waals surface area (Å²) in [6, 6.07) is 24.3. The summed E-state index contributed by atoms with van der Waals surface area (Å²) in [7, 11) is 1.62. The number of aromatic nitrogens is 3.